The lowest BCUT2D eigenvalue weighted by Gasteiger charge is -2.43. The van der Waals surface area contributed by atoms with E-state index in [1.165, 1.54) is 0 Å². The number of rotatable bonds is 0. The highest BCUT2D eigenvalue weighted by molar-refractivity contribution is 5.87. The monoisotopic (exact) mass is 167 g/mol. The molecule has 0 saturated heterocycles. The summed E-state index contributed by atoms with van der Waals surface area (Å²) in [4.78, 5) is 13.3. The van der Waals surface area contributed by atoms with Gasteiger partial charge in [0.1, 0.15) is 5.76 Å². The molecular formula is C9H13NO2. The van der Waals surface area contributed by atoms with Gasteiger partial charge in [-0.05, 0) is 20.3 Å². The molecule has 0 unspecified atom stereocenters. The third-order valence-corrected chi connectivity index (χ3v) is 2.51. The summed E-state index contributed by atoms with van der Waals surface area (Å²) in [5.74, 6) is 1.06. The Labute approximate surface area is 72.0 Å². The van der Waals surface area contributed by atoms with Gasteiger partial charge >= 0.3 is 0 Å². The Morgan fingerprint density at radius 1 is 1.42 bits per heavy atom. The fraction of sp³-hybridized carbons (Fsp3) is 0.667. The average molecular weight is 167 g/mol. The molecule has 0 aromatic rings. The highest BCUT2D eigenvalue weighted by Gasteiger charge is 2.43. The number of nitrogens with zero attached hydrogens (tertiary/aromatic N) is 1. The molecule has 2 rings (SSSR count). The summed E-state index contributed by atoms with van der Waals surface area (Å²) in [6.07, 6.45) is 1.96. The molecular weight excluding hydrogens is 154 g/mol. The molecule has 0 bridgehead atoms. The van der Waals surface area contributed by atoms with Crippen LogP contribution in [0.2, 0.25) is 0 Å². The first kappa shape index (κ1) is 7.65. The Balaban J connectivity index is 2.38. The van der Waals surface area contributed by atoms with Gasteiger partial charge in [0.05, 0.1) is 5.70 Å². The van der Waals surface area contributed by atoms with Gasteiger partial charge < -0.3 is 9.64 Å². The number of ether oxygens (including phenoxy) is 1. The van der Waals surface area contributed by atoms with Crippen LogP contribution in [-0.4, -0.2) is 23.5 Å². The molecule has 3 heteroatoms. The molecule has 0 atom stereocenters. The van der Waals surface area contributed by atoms with E-state index in [1.807, 2.05) is 20.9 Å². The molecule has 0 spiro atoms. The molecule has 1 heterocycles. The summed E-state index contributed by atoms with van der Waals surface area (Å²) >= 11 is 0. The van der Waals surface area contributed by atoms with E-state index in [2.05, 4.69) is 0 Å². The van der Waals surface area contributed by atoms with Gasteiger partial charge in [-0.1, -0.05) is 0 Å². The summed E-state index contributed by atoms with van der Waals surface area (Å²) < 4.78 is 5.54. The van der Waals surface area contributed by atoms with Crippen LogP contribution in [0.3, 0.4) is 0 Å². The van der Waals surface area contributed by atoms with Gasteiger partial charge in [-0.3, -0.25) is 4.79 Å². The quantitative estimate of drug-likeness (QED) is 0.543. The number of hydrogen-bond acceptors (Lipinski definition) is 2. The number of likely N-dealkylation sites (N-methyl/N-ethyl adjacent to an activating group) is 1. The highest BCUT2D eigenvalue weighted by atomic mass is 16.5. The first-order valence-corrected chi connectivity index (χ1v) is 4.21. The minimum Gasteiger partial charge on any atom is -0.481 e. The normalized spacial score (nSPS) is 26.2. The van der Waals surface area contributed by atoms with Gasteiger partial charge in [0.2, 0.25) is 0 Å². The molecule has 2 aliphatic rings. The second-order valence-electron chi connectivity index (χ2n) is 3.85. The zero-order valence-electron chi connectivity index (χ0n) is 7.68. The largest absolute Gasteiger partial charge is 0.481 e. The number of carbonyl (C=O) groups excluding carboxylic acids is 1. The van der Waals surface area contributed by atoms with E-state index >= 15 is 0 Å². The van der Waals surface area contributed by atoms with Crippen molar-refractivity contribution in [3.63, 3.8) is 0 Å². The van der Waals surface area contributed by atoms with Crippen molar-refractivity contribution in [3.8, 4) is 0 Å². The lowest BCUT2D eigenvalue weighted by molar-refractivity contribution is -0.153. The molecule has 1 aliphatic carbocycles. The first-order valence-electron chi connectivity index (χ1n) is 4.21. The van der Waals surface area contributed by atoms with Gasteiger partial charge in [-0.15, -0.1) is 0 Å². The van der Waals surface area contributed by atoms with Crippen molar-refractivity contribution in [2.45, 2.75) is 32.3 Å². The average Bonchev–Trinajstić information content (AvgIpc) is 1.94. The van der Waals surface area contributed by atoms with Crippen molar-refractivity contribution < 1.29 is 9.53 Å². The Morgan fingerprint density at radius 2 is 2.08 bits per heavy atom. The highest BCUT2D eigenvalue weighted by Crippen LogP contribution is 2.39. The molecule has 0 saturated carbocycles. The summed E-state index contributed by atoms with van der Waals surface area (Å²) in [5, 5.41) is 0. The Hall–Kier alpha value is -0.990. The standard InChI is InChI=1S/C9H13NO2/c1-9(2)8(11)10(3)6-4-5-7(6)12-9/h4-5H2,1-3H3. The lowest BCUT2D eigenvalue weighted by atomic mass is 9.95. The molecule has 0 radical (unpaired) electrons. The van der Waals surface area contributed by atoms with Crippen LogP contribution in [0.1, 0.15) is 26.7 Å². The van der Waals surface area contributed by atoms with Crippen molar-refractivity contribution in [2.75, 3.05) is 7.05 Å². The maximum atomic E-state index is 11.6. The van der Waals surface area contributed by atoms with Crippen molar-refractivity contribution in [3.05, 3.63) is 11.5 Å². The number of amides is 1. The van der Waals surface area contributed by atoms with E-state index in [1.54, 1.807) is 4.90 Å². The van der Waals surface area contributed by atoms with E-state index in [0.29, 0.717) is 0 Å². The van der Waals surface area contributed by atoms with E-state index in [0.717, 1.165) is 24.3 Å². The summed E-state index contributed by atoms with van der Waals surface area (Å²) in [6.45, 7) is 3.63. The Kier molecular flexibility index (Phi) is 1.29. The molecule has 0 N–H and O–H groups in total. The van der Waals surface area contributed by atoms with Crippen molar-refractivity contribution in [1.82, 2.24) is 4.90 Å². The first-order chi connectivity index (χ1) is 5.52. The predicted molar refractivity (Wildman–Crippen MR) is 44.2 cm³/mol. The molecule has 12 heavy (non-hydrogen) atoms. The van der Waals surface area contributed by atoms with Gasteiger partial charge in [-0.25, -0.2) is 0 Å². The Morgan fingerprint density at radius 3 is 2.58 bits per heavy atom. The van der Waals surface area contributed by atoms with E-state index in [-0.39, 0.29) is 5.91 Å². The number of hydrogen-bond donors (Lipinski definition) is 0. The second kappa shape index (κ2) is 2.03. The predicted octanol–water partition coefficient (Wildman–Crippen LogP) is 1.26. The van der Waals surface area contributed by atoms with Crippen molar-refractivity contribution >= 4 is 5.91 Å². The fourth-order valence-corrected chi connectivity index (χ4v) is 1.68. The molecule has 66 valence electrons. The molecule has 1 aliphatic heterocycles. The van der Waals surface area contributed by atoms with Gasteiger partial charge in [0, 0.05) is 13.5 Å². The van der Waals surface area contributed by atoms with Crippen LogP contribution in [0.5, 0.6) is 0 Å². The van der Waals surface area contributed by atoms with Crippen LogP contribution in [0.25, 0.3) is 0 Å². The zero-order valence-corrected chi connectivity index (χ0v) is 7.68. The van der Waals surface area contributed by atoms with Gasteiger partial charge in [0.15, 0.2) is 5.60 Å². The molecule has 3 nitrogen and oxygen atoms in total. The molecule has 0 aromatic carbocycles. The number of carbonyl (C=O) groups is 1. The molecule has 1 amide bonds. The van der Waals surface area contributed by atoms with Crippen LogP contribution >= 0.6 is 0 Å². The van der Waals surface area contributed by atoms with E-state index in [9.17, 15) is 4.79 Å². The summed E-state index contributed by atoms with van der Waals surface area (Å²) in [6, 6.07) is 0. The Bertz CT molecular complexity index is 278. The number of allylic oxidation sites excluding steroid dienone is 2. The smallest absolute Gasteiger partial charge is 0.270 e. The van der Waals surface area contributed by atoms with Crippen LogP contribution in [0.4, 0.5) is 0 Å². The SMILES string of the molecule is CN1C(=O)C(C)(C)OC2=C1CC2. The maximum absolute atomic E-state index is 11.6. The van der Waals surface area contributed by atoms with Gasteiger partial charge in [-0.2, -0.15) is 0 Å². The summed E-state index contributed by atoms with van der Waals surface area (Å²) in [7, 11) is 1.82. The van der Waals surface area contributed by atoms with Gasteiger partial charge in [0.25, 0.3) is 5.91 Å². The second-order valence-corrected chi connectivity index (χ2v) is 3.85. The fourth-order valence-electron chi connectivity index (χ4n) is 1.68. The zero-order chi connectivity index (χ0) is 8.93. The minimum atomic E-state index is -0.659. The van der Waals surface area contributed by atoms with Crippen LogP contribution in [0.15, 0.2) is 11.5 Å². The van der Waals surface area contributed by atoms with Crippen LogP contribution in [0, 0.1) is 0 Å². The minimum absolute atomic E-state index is 0.0564. The molecule has 0 aromatic heterocycles. The third-order valence-electron chi connectivity index (χ3n) is 2.51. The maximum Gasteiger partial charge on any atom is 0.270 e. The van der Waals surface area contributed by atoms with E-state index in [4.69, 9.17) is 4.74 Å². The third kappa shape index (κ3) is 0.792. The van der Waals surface area contributed by atoms with Crippen LogP contribution in [-0.2, 0) is 9.53 Å². The van der Waals surface area contributed by atoms with Crippen molar-refractivity contribution in [2.24, 2.45) is 0 Å². The van der Waals surface area contributed by atoms with Crippen LogP contribution < -0.4 is 0 Å². The lowest BCUT2D eigenvalue weighted by Crippen LogP contribution is -2.50. The van der Waals surface area contributed by atoms with Crippen molar-refractivity contribution in [1.29, 1.82) is 0 Å². The summed E-state index contributed by atoms with van der Waals surface area (Å²) in [5.41, 5.74) is 0.410. The molecule has 0 fully saturated rings. The topological polar surface area (TPSA) is 29.5 Å². The van der Waals surface area contributed by atoms with E-state index < -0.39 is 5.60 Å².